The quantitative estimate of drug-likeness (QED) is 0.651. The molecule has 0 heterocycles. The topological polar surface area (TPSA) is 23.8 Å². The van der Waals surface area contributed by atoms with Gasteiger partial charge in [0.2, 0.25) is 0 Å². The highest BCUT2D eigenvalue weighted by Gasteiger charge is 2.85. The van der Waals surface area contributed by atoms with Crippen LogP contribution in [0.4, 0.5) is 39.5 Å². The molecule has 0 amide bonds. The maximum absolute atomic E-state index is 12.4. The van der Waals surface area contributed by atoms with Crippen molar-refractivity contribution < 1.29 is 39.5 Å². The second kappa shape index (κ2) is 3.18. The second-order valence-corrected chi connectivity index (χ2v) is 2.34. The number of halogens is 9. The van der Waals surface area contributed by atoms with Crippen molar-refractivity contribution in [3.05, 3.63) is 0 Å². The number of rotatable bonds is 1. The maximum Gasteiger partial charge on any atom is 0.438 e. The Morgan fingerprint density at radius 1 is 0.667 bits per heavy atom. The molecule has 0 aliphatic carbocycles. The third-order valence-electron chi connectivity index (χ3n) is 1.35. The molecule has 0 saturated heterocycles. The van der Waals surface area contributed by atoms with E-state index >= 15 is 0 Å². The molecular weight excluding hydrogens is 245 g/mol. The van der Waals surface area contributed by atoms with Crippen LogP contribution in [-0.2, 0) is 0 Å². The fourth-order valence-electron chi connectivity index (χ4n) is 0.594. The van der Waals surface area contributed by atoms with Gasteiger partial charge >= 0.3 is 23.9 Å². The number of alkyl halides is 9. The summed E-state index contributed by atoms with van der Waals surface area (Å²) >= 11 is 0. The minimum absolute atomic E-state index is 0.653. The first-order valence-corrected chi connectivity index (χ1v) is 2.92. The third-order valence-corrected chi connectivity index (χ3v) is 1.35. The molecule has 1 nitrogen and oxygen atoms in total. The zero-order chi connectivity index (χ0) is 12.7. The van der Waals surface area contributed by atoms with E-state index in [0.717, 1.165) is 0 Å². The van der Waals surface area contributed by atoms with Gasteiger partial charge in [0, 0.05) is 0 Å². The smallest absolute Gasteiger partial charge is 0.215 e. The van der Waals surface area contributed by atoms with Crippen LogP contribution < -0.4 is 0 Å². The molecule has 0 N–H and O–H groups in total. The largest absolute Gasteiger partial charge is 0.438 e. The summed E-state index contributed by atoms with van der Waals surface area (Å²) in [4.78, 5) is 0. The predicted octanol–water partition coefficient (Wildman–Crippen LogP) is 2.98. The fraction of sp³-hybridized carbons (Fsp3) is 0.800. The van der Waals surface area contributed by atoms with E-state index in [4.69, 9.17) is 5.26 Å². The van der Waals surface area contributed by atoms with Gasteiger partial charge in [0.1, 0.15) is 6.07 Å². The Hall–Kier alpha value is -1.14. The van der Waals surface area contributed by atoms with E-state index in [1.165, 1.54) is 0 Å². The standard InChI is InChI=1S/C5F9N/c6-2(7,1-15)3(8,4(9,10)11)5(12,13)14. The van der Waals surface area contributed by atoms with Crippen LogP contribution in [0.5, 0.6) is 0 Å². The summed E-state index contributed by atoms with van der Waals surface area (Å²) in [6, 6.07) is -0.653. The Morgan fingerprint density at radius 3 is 1.00 bits per heavy atom. The fourth-order valence-corrected chi connectivity index (χ4v) is 0.594. The molecule has 10 heteroatoms. The first kappa shape index (κ1) is 13.9. The summed E-state index contributed by atoms with van der Waals surface area (Å²) in [5.41, 5.74) is -6.87. The molecule has 88 valence electrons. The van der Waals surface area contributed by atoms with E-state index in [0.29, 0.717) is 0 Å². The van der Waals surface area contributed by atoms with Crippen LogP contribution in [0, 0.1) is 11.3 Å². The monoisotopic (exact) mass is 245 g/mol. The molecule has 0 atom stereocenters. The summed E-state index contributed by atoms with van der Waals surface area (Å²) < 4.78 is 106. The zero-order valence-electron chi connectivity index (χ0n) is 6.35. The van der Waals surface area contributed by atoms with Crippen molar-refractivity contribution in [2.45, 2.75) is 23.9 Å². The highest BCUT2D eigenvalue weighted by molar-refractivity contribution is 5.14. The molecule has 0 saturated carbocycles. The Kier molecular flexibility index (Phi) is 2.94. The highest BCUT2D eigenvalue weighted by Crippen LogP contribution is 2.54. The average Bonchev–Trinajstić information content (AvgIpc) is 1.98. The molecule has 0 aliphatic heterocycles. The average molecular weight is 245 g/mol. The summed E-state index contributed by atoms with van der Waals surface area (Å²) in [5, 5.41) is 7.42. The van der Waals surface area contributed by atoms with Crippen molar-refractivity contribution in [2.24, 2.45) is 0 Å². The minimum Gasteiger partial charge on any atom is -0.215 e. The Labute approximate surface area is 76.1 Å². The van der Waals surface area contributed by atoms with Crippen molar-refractivity contribution >= 4 is 0 Å². The second-order valence-electron chi connectivity index (χ2n) is 2.34. The van der Waals surface area contributed by atoms with Crippen molar-refractivity contribution in [2.75, 3.05) is 0 Å². The van der Waals surface area contributed by atoms with Gasteiger partial charge in [-0.15, -0.1) is 0 Å². The van der Waals surface area contributed by atoms with Crippen molar-refractivity contribution in [1.29, 1.82) is 5.26 Å². The van der Waals surface area contributed by atoms with E-state index in [-0.39, 0.29) is 0 Å². The predicted molar refractivity (Wildman–Crippen MR) is 26.5 cm³/mol. The molecule has 0 aromatic heterocycles. The summed E-state index contributed by atoms with van der Waals surface area (Å²) in [6.07, 6.45) is -13.9. The lowest BCUT2D eigenvalue weighted by Gasteiger charge is -2.32. The molecule has 0 bridgehead atoms. The van der Waals surface area contributed by atoms with Gasteiger partial charge in [-0.3, -0.25) is 0 Å². The van der Waals surface area contributed by atoms with Gasteiger partial charge in [-0.1, -0.05) is 0 Å². The SMILES string of the molecule is N#CC(F)(F)C(F)(C(F)(F)F)C(F)(F)F. The van der Waals surface area contributed by atoms with E-state index in [1.807, 2.05) is 0 Å². The van der Waals surface area contributed by atoms with Crippen LogP contribution in [-0.4, -0.2) is 23.9 Å². The molecule has 0 spiro atoms. The van der Waals surface area contributed by atoms with Crippen LogP contribution in [0.1, 0.15) is 0 Å². The van der Waals surface area contributed by atoms with Crippen molar-refractivity contribution in [3.63, 3.8) is 0 Å². The highest BCUT2D eigenvalue weighted by atomic mass is 19.4. The van der Waals surface area contributed by atoms with Crippen molar-refractivity contribution in [3.8, 4) is 6.07 Å². The van der Waals surface area contributed by atoms with Crippen LogP contribution in [0.15, 0.2) is 0 Å². The van der Waals surface area contributed by atoms with Gasteiger partial charge in [-0.25, -0.2) is 4.39 Å². The van der Waals surface area contributed by atoms with E-state index in [1.54, 1.807) is 0 Å². The van der Waals surface area contributed by atoms with Gasteiger partial charge in [-0.05, 0) is 0 Å². The Balaban J connectivity index is 5.79. The van der Waals surface area contributed by atoms with Crippen LogP contribution in [0.3, 0.4) is 0 Å². The van der Waals surface area contributed by atoms with Crippen LogP contribution >= 0.6 is 0 Å². The normalized spacial score (nSPS) is 14.9. The lowest BCUT2D eigenvalue weighted by molar-refractivity contribution is -0.385. The number of hydrogen-bond acceptors (Lipinski definition) is 1. The first-order chi connectivity index (χ1) is 6.31. The van der Waals surface area contributed by atoms with Crippen LogP contribution in [0.2, 0.25) is 0 Å². The lowest BCUT2D eigenvalue weighted by Crippen LogP contribution is -2.63. The van der Waals surface area contributed by atoms with E-state index in [2.05, 4.69) is 0 Å². The number of hydrogen-bond donors (Lipinski definition) is 0. The molecule has 0 aromatic carbocycles. The maximum atomic E-state index is 12.4. The van der Waals surface area contributed by atoms with Gasteiger partial charge in [0.25, 0.3) is 0 Å². The van der Waals surface area contributed by atoms with Crippen molar-refractivity contribution in [1.82, 2.24) is 0 Å². The van der Waals surface area contributed by atoms with Gasteiger partial charge < -0.3 is 0 Å². The molecule has 0 aromatic rings. The molecule has 0 aliphatic rings. The Morgan fingerprint density at radius 2 is 0.933 bits per heavy atom. The van der Waals surface area contributed by atoms with E-state index < -0.39 is 30.0 Å². The zero-order valence-corrected chi connectivity index (χ0v) is 6.35. The molecule has 0 fully saturated rings. The number of nitrogens with zero attached hydrogens (tertiary/aromatic N) is 1. The third kappa shape index (κ3) is 1.82. The molecule has 0 unspecified atom stereocenters. The molecule has 0 radical (unpaired) electrons. The molecule has 15 heavy (non-hydrogen) atoms. The molecule has 0 rings (SSSR count). The summed E-state index contributed by atoms with van der Waals surface area (Å²) in [5.74, 6) is -6.25. The van der Waals surface area contributed by atoms with Gasteiger partial charge in [0.05, 0.1) is 0 Å². The lowest BCUT2D eigenvalue weighted by atomic mass is 9.97. The summed E-state index contributed by atoms with van der Waals surface area (Å²) in [6.45, 7) is 0. The van der Waals surface area contributed by atoms with Gasteiger partial charge in [-0.2, -0.15) is 40.4 Å². The van der Waals surface area contributed by atoms with E-state index in [9.17, 15) is 39.5 Å². The first-order valence-electron chi connectivity index (χ1n) is 2.92. The molecular formula is C5F9N. The minimum atomic E-state index is -6.94. The van der Waals surface area contributed by atoms with Crippen LogP contribution in [0.25, 0.3) is 0 Å². The Bertz CT molecular complexity index is 264. The van der Waals surface area contributed by atoms with Gasteiger partial charge in [0.15, 0.2) is 0 Å². The summed E-state index contributed by atoms with van der Waals surface area (Å²) in [7, 11) is 0. The number of nitriles is 1.